The van der Waals surface area contributed by atoms with Crippen LogP contribution in [0.3, 0.4) is 0 Å². The van der Waals surface area contributed by atoms with Crippen molar-refractivity contribution < 1.29 is 0 Å². The first-order valence-electron chi connectivity index (χ1n) is 5.96. The summed E-state index contributed by atoms with van der Waals surface area (Å²) in [5.41, 5.74) is 0. The molecule has 1 heteroatoms. The molecule has 0 N–H and O–H groups in total. The van der Waals surface area contributed by atoms with E-state index < -0.39 is 0 Å². The van der Waals surface area contributed by atoms with E-state index in [0.29, 0.717) is 0 Å². The lowest BCUT2D eigenvalue weighted by Crippen LogP contribution is -2.61. The molecule has 1 aliphatic heterocycles. The average molecular weight is 181 g/mol. The summed E-state index contributed by atoms with van der Waals surface area (Å²) in [7, 11) is 0. The molecule has 2 aliphatic rings. The van der Waals surface area contributed by atoms with E-state index >= 15 is 0 Å². The fraction of sp³-hybridized carbons (Fsp3) is 1.00. The van der Waals surface area contributed by atoms with Crippen molar-refractivity contribution in [3.05, 3.63) is 0 Å². The summed E-state index contributed by atoms with van der Waals surface area (Å²) in [6, 6.07) is 1.77. The molecule has 1 aliphatic carbocycles. The number of nitrogens with zero attached hydrogens (tertiary/aromatic N) is 1. The molecule has 0 spiro atoms. The molecule has 76 valence electrons. The molecule has 0 aromatic rings. The molecule has 1 saturated heterocycles. The molecular weight excluding hydrogens is 158 g/mol. The predicted molar refractivity (Wildman–Crippen MR) is 56.8 cm³/mol. The molecule has 3 unspecified atom stereocenters. The highest BCUT2D eigenvalue weighted by Gasteiger charge is 2.42. The Labute approximate surface area is 82.5 Å². The van der Waals surface area contributed by atoms with E-state index in [1.165, 1.54) is 32.2 Å². The average Bonchev–Trinajstić information content (AvgIpc) is 2.06. The predicted octanol–water partition coefficient (Wildman–Crippen LogP) is 2.91. The zero-order valence-corrected chi connectivity index (χ0v) is 9.29. The highest BCUT2D eigenvalue weighted by molar-refractivity contribution is 4.96. The fourth-order valence-corrected chi connectivity index (χ4v) is 2.96. The van der Waals surface area contributed by atoms with Crippen molar-refractivity contribution in [1.29, 1.82) is 0 Å². The smallest absolute Gasteiger partial charge is 0.0139 e. The summed E-state index contributed by atoms with van der Waals surface area (Å²) in [6.07, 6.45) is 5.95. The fourth-order valence-electron chi connectivity index (χ4n) is 2.96. The van der Waals surface area contributed by atoms with E-state index in [9.17, 15) is 0 Å². The van der Waals surface area contributed by atoms with E-state index in [-0.39, 0.29) is 0 Å². The van der Waals surface area contributed by atoms with E-state index in [2.05, 4.69) is 25.7 Å². The van der Waals surface area contributed by atoms with Crippen molar-refractivity contribution in [3.63, 3.8) is 0 Å². The van der Waals surface area contributed by atoms with E-state index in [0.717, 1.165) is 23.9 Å². The van der Waals surface area contributed by atoms with Gasteiger partial charge in [-0.1, -0.05) is 26.7 Å². The summed E-state index contributed by atoms with van der Waals surface area (Å²) < 4.78 is 0. The summed E-state index contributed by atoms with van der Waals surface area (Å²) in [5, 5.41) is 0. The number of fused-ring (bicyclic) bond motifs is 1. The number of hydrogen-bond acceptors (Lipinski definition) is 1. The molecule has 0 aromatic carbocycles. The van der Waals surface area contributed by atoms with Crippen LogP contribution in [0.5, 0.6) is 0 Å². The van der Waals surface area contributed by atoms with Gasteiger partial charge in [0, 0.05) is 18.6 Å². The van der Waals surface area contributed by atoms with Gasteiger partial charge in [0.05, 0.1) is 0 Å². The van der Waals surface area contributed by atoms with Gasteiger partial charge >= 0.3 is 0 Å². The van der Waals surface area contributed by atoms with E-state index in [1.807, 2.05) is 0 Å². The highest BCUT2D eigenvalue weighted by Crippen LogP contribution is 2.39. The number of rotatable bonds is 2. The first-order valence-corrected chi connectivity index (χ1v) is 5.96. The second-order valence-corrected chi connectivity index (χ2v) is 5.29. The van der Waals surface area contributed by atoms with Crippen LogP contribution in [-0.4, -0.2) is 23.5 Å². The Hall–Kier alpha value is -0.0400. The second-order valence-electron chi connectivity index (χ2n) is 5.29. The molecule has 1 nitrogen and oxygen atoms in total. The summed E-state index contributed by atoms with van der Waals surface area (Å²) in [5.74, 6) is 1.89. The standard InChI is InChI=1S/C12H23N/c1-9(2)10(3)13-8-11-6-4-5-7-12(11)13/h9-12H,4-8H2,1-3H3. The van der Waals surface area contributed by atoms with E-state index in [4.69, 9.17) is 0 Å². The molecule has 1 heterocycles. The van der Waals surface area contributed by atoms with Crippen LogP contribution >= 0.6 is 0 Å². The minimum Gasteiger partial charge on any atom is -0.297 e. The van der Waals surface area contributed by atoms with Gasteiger partial charge in [-0.2, -0.15) is 0 Å². The topological polar surface area (TPSA) is 3.24 Å². The molecule has 2 rings (SSSR count). The number of likely N-dealkylation sites (tertiary alicyclic amines) is 1. The summed E-state index contributed by atoms with van der Waals surface area (Å²) in [6.45, 7) is 8.49. The minimum absolute atomic E-state index is 0.805. The Morgan fingerprint density at radius 1 is 1.08 bits per heavy atom. The third kappa shape index (κ3) is 1.63. The highest BCUT2D eigenvalue weighted by atomic mass is 15.3. The van der Waals surface area contributed by atoms with Crippen molar-refractivity contribution in [2.45, 2.75) is 58.5 Å². The Balaban J connectivity index is 1.90. The Morgan fingerprint density at radius 3 is 2.38 bits per heavy atom. The van der Waals surface area contributed by atoms with Crippen LogP contribution in [0.15, 0.2) is 0 Å². The largest absolute Gasteiger partial charge is 0.297 e. The van der Waals surface area contributed by atoms with Gasteiger partial charge in [0.25, 0.3) is 0 Å². The molecule has 2 fully saturated rings. The zero-order chi connectivity index (χ0) is 9.42. The molecular formula is C12H23N. The van der Waals surface area contributed by atoms with Gasteiger partial charge in [0.15, 0.2) is 0 Å². The van der Waals surface area contributed by atoms with Gasteiger partial charge in [0.1, 0.15) is 0 Å². The van der Waals surface area contributed by atoms with Gasteiger partial charge in [-0.3, -0.25) is 4.90 Å². The molecule has 0 aromatic heterocycles. The normalized spacial score (nSPS) is 36.9. The van der Waals surface area contributed by atoms with Crippen molar-refractivity contribution in [2.24, 2.45) is 11.8 Å². The molecule has 13 heavy (non-hydrogen) atoms. The maximum Gasteiger partial charge on any atom is 0.0139 e. The quantitative estimate of drug-likeness (QED) is 0.633. The number of hydrogen-bond donors (Lipinski definition) is 0. The minimum atomic E-state index is 0.805. The third-order valence-corrected chi connectivity index (χ3v) is 4.23. The van der Waals surface area contributed by atoms with Crippen LogP contribution < -0.4 is 0 Å². The van der Waals surface area contributed by atoms with Crippen LogP contribution in [0.4, 0.5) is 0 Å². The van der Waals surface area contributed by atoms with Gasteiger partial charge in [-0.05, 0) is 31.6 Å². The van der Waals surface area contributed by atoms with Crippen LogP contribution in [-0.2, 0) is 0 Å². The summed E-state index contributed by atoms with van der Waals surface area (Å²) in [4.78, 5) is 2.74. The van der Waals surface area contributed by atoms with Crippen molar-refractivity contribution in [1.82, 2.24) is 4.90 Å². The SMILES string of the molecule is CC(C)C(C)N1CC2CCCCC21. The molecule has 3 atom stereocenters. The Morgan fingerprint density at radius 2 is 1.77 bits per heavy atom. The first-order chi connectivity index (χ1) is 6.20. The lowest BCUT2D eigenvalue weighted by Gasteiger charge is -2.54. The van der Waals surface area contributed by atoms with E-state index in [1.54, 1.807) is 0 Å². The first kappa shape index (κ1) is 9.51. The third-order valence-electron chi connectivity index (χ3n) is 4.23. The van der Waals surface area contributed by atoms with Gasteiger partial charge in [-0.15, -0.1) is 0 Å². The van der Waals surface area contributed by atoms with Crippen molar-refractivity contribution in [2.75, 3.05) is 6.54 Å². The second kappa shape index (κ2) is 3.61. The van der Waals surface area contributed by atoms with Gasteiger partial charge < -0.3 is 0 Å². The molecule has 0 amide bonds. The molecule has 1 saturated carbocycles. The van der Waals surface area contributed by atoms with Gasteiger partial charge in [0.2, 0.25) is 0 Å². The maximum absolute atomic E-state index is 2.74. The van der Waals surface area contributed by atoms with Crippen LogP contribution in [0.2, 0.25) is 0 Å². The maximum atomic E-state index is 2.74. The Bertz CT molecular complexity index is 176. The van der Waals surface area contributed by atoms with Crippen LogP contribution in [0.25, 0.3) is 0 Å². The lowest BCUT2D eigenvalue weighted by atomic mass is 9.75. The lowest BCUT2D eigenvalue weighted by molar-refractivity contribution is -0.0539. The summed E-state index contributed by atoms with van der Waals surface area (Å²) >= 11 is 0. The van der Waals surface area contributed by atoms with Crippen molar-refractivity contribution >= 4 is 0 Å². The zero-order valence-electron chi connectivity index (χ0n) is 9.29. The Kier molecular flexibility index (Phi) is 2.64. The van der Waals surface area contributed by atoms with Crippen LogP contribution in [0.1, 0.15) is 46.5 Å². The molecule has 0 bridgehead atoms. The van der Waals surface area contributed by atoms with Gasteiger partial charge in [-0.25, -0.2) is 0 Å². The van der Waals surface area contributed by atoms with Crippen LogP contribution in [0, 0.1) is 11.8 Å². The molecule has 0 radical (unpaired) electrons. The van der Waals surface area contributed by atoms with Crippen molar-refractivity contribution in [3.8, 4) is 0 Å². The monoisotopic (exact) mass is 181 g/mol.